The largest absolute Gasteiger partial charge is 0.391 e. The van der Waals surface area contributed by atoms with Gasteiger partial charge in [0.25, 0.3) is 0 Å². The summed E-state index contributed by atoms with van der Waals surface area (Å²) in [4.78, 5) is 3.51. The van der Waals surface area contributed by atoms with Crippen molar-refractivity contribution in [3.05, 3.63) is 127 Å². The van der Waals surface area contributed by atoms with Gasteiger partial charge in [0.1, 0.15) is 0 Å². The first-order chi connectivity index (χ1) is 21.0. The minimum atomic E-state index is -0.345. The Morgan fingerprint density at radius 2 is 0.860 bits per heavy atom. The maximum absolute atomic E-state index is 10.5. The average molecular weight is 755 g/mol. The van der Waals surface area contributed by atoms with Gasteiger partial charge in [-0.2, -0.15) is 0 Å². The molecule has 6 aromatic carbocycles. The number of hydrogen-bond donors (Lipinski definition) is 3. The maximum Gasteiger partial charge on any atom is 0.0733 e. The van der Waals surface area contributed by atoms with Crippen LogP contribution in [0.5, 0.6) is 0 Å². The highest BCUT2D eigenvalue weighted by Crippen LogP contribution is 2.31. The summed E-state index contributed by atoms with van der Waals surface area (Å²) in [7, 11) is 0. The molecule has 43 heavy (non-hydrogen) atoms. The number of alkyl halides is 2. The van der Waals surface area contributed by atoms with Gasteiger partial charge in [-0.15, -0.1) is 36.2 Å². The first-order valence-electron chi connectivity index (χ1n) is 13.9. The molecule has 0 unspecified atom stereocenters. The summed E-state index contributed by atoms with van der Waals surface area (Å²) in [6.45, 7) is 0. The predicted octanol–water partition coefficient (Wildman–Crippen LogP) is 10.5. The summed E-state index contributed by atoms with van der Waals surface area (Å²) in [6, 6.07) is 43.9. The Hall–Kier alpha value is -1.97. The lowest BCUT2D eigenvalue weighted by molar-refractivity contribution is 0.225. The lowest BCUT2D eigenvalue weighted by Crippen LogP contribution is -2.12. The van der Waals surface area contributed by atoms with Gasteiger partial charge < -0.3 is 10.2 Å². The standard InChI is InChI=1S/C23H20OS2.C10H8S.C3H6Br2O/c24-19(15-25-22-13-5-9-17-7-1-3-11-20(17)22)16-26-23-14-6-10-18-8-2-4-12-21(18)23;11-10-7-3-5-8-4-1-2-6-9(8)10;4-1-3(6)2-5/h1-14,19,24H,15-16H2;1-7,11H;3,6H,1-2H2. The van der Waals surface area contributed by atoms with Crippen molar-refractivity contribution < 1.29 is 10.2 Å². The second-order valence-corrected chi connectivity index (χ2v) is 13.6. The molecule has 0 saturated carbocycles. The van der Waals surface area contributed by atoms with Gasteiger partial charge in [-0.05, 0) is 50.5 Å². The highest BCUT2D eigenvalue weighted by atomic mass is 79.9. The molecule has 0 heterocycles. The van der Waals surface area contributed by atoms with Crippen molar-refractivity contribution in [2.75, 3.05) is 22.2 Å². The van der Waals surface area contributed by atoms with Crippen molar-refractivity contribution in [3.8, 4) is 0 Å². The molecule has 0 saturated heterocycles. The number of benzene rings is 6. The van der Waals surface area contributed by atoms with E-state index in [1.807, 2.05) is 24.3 Å². The fraction of sp³-hybridized carbons (Fsp3) is 0.167. The van der Waals surface area contributed by atoms with Gasteiger partial charge in [0.05, 0.1) is 12.2 Å². The van der Waals surface area contributed by atoms with Gasteiger partial charge in [-0.25, -0.2) is 0 Å². The lowest BCUT2D eigenvalue weighted by atomic mass is 10.1. The van der Waals surface area contributed by atoms with Gasteiger partial charge in [-0.3, -0.25) is 0 Å². The van der Waals surface area contributed by atoms with E-state index in [0.29, 0.717) is 22.2 Å². The highest BCUT2D eigenvalue weighted by molar-refractivity contribution is 9.09. The van der Waals surface area contributed by atoms with Crippen LogP contribution in [-0.4, -0.2) is 44.6 Å². The van der Waals surface area contributed by atoms with Gasteiger partial charge in [-0.1, -0.05) is 141 Å². The van der Waals surface area contributed by atoms with E-state index in [1.165, 1.54) is 42.1 Å². The fourth-order valence-electron chi connectivity index (χ4n) is 4.31. The number of rotatable bonds is 8. The number of thioether (sulfide) groups is 2. The van der Waals surface area contributed by atoms with E-state index in [9.17, 15) is 5.11 Å². The molecule has 0 spiro atoms. The van der Waals surface area contributed by atoms with E-state index in [0.717, 1.165) is 4.90 Å². The summed E-state index contributed by atoms with van der Waals surface area (Å²) in [5, 5.41) is 27.8. The van der Waals surface area contributed by atoms with Crippen molar-refractivity contribution in [1.82, 2.24) is 0 Å². The molecule has 2 nitrogen and oxygen atoms in total. The fourth-order valence-corrected chi connectivity index (χ4v) is 7.84. The zero-order chi connectivity index (χ0) is 30.4. The molecule has 6 aromatic rings. The molecule has 2 N–H and O–H groups in total. The van der Waals surface area contributed by atoms with E-state index >= 15 is 0 Å². The summed E-state index contributed by atoms with van der Waals surface area (Å²) >= 11 is 14.0. The quantitative estimate of drug-likeness (QED) is 0.0822. The molecular weight excluding hydrogens is 720 g/mol. The normalized spacial score (nSPS) is 11.0. The topological polar surface area (TPSA) is 40.5 Å². The minimum absolute atomic E-state index is 0.231. The maximum atomic E-state index is 10.5. The van der Waals surface area contributed by atoms with Crippen molar-refractivity contribution in [3.63, 3.8) is 0 Å². The Morgan fingerprint density at radius 3 is 1.28 bits per heavy atom. The molecule has 222 valence electrons. The number of hydrogen-bond acceptors (Lipinski definition) is 5. The van der Waals surface area contributed by atoms with Crippen molar-refractivity contribution in [1.29, 1.82) is 0 Å². The third-order valence-corrected chi connectivity index (χ3v) is 10.8. The van der Waals surface area contributed by atoms with Gasteiger partial charge in [0, 0.05) is 36.9 Å². The Kier molecular flexibility index (Phi) is 14.3. The molecule has 6 rings (SSSR count). The molecule has 0 amide bonds. The number of aliphatic hydroxyl groups excluding tert-OH is 2. The Labute approximate surface area is 285 Å². The van der Waals surface area contributed by atoms with Gasteiger partial charge in [0.2, 0.25) is 0 Å². The Morgan fingerprint density at radius 1 is 0.488 bits per heavy atom. The van der Waals surface area contributed by atoms with Gasteiger partial charge >= 0.3 is 0 Å². The van der Waals surface area contributed by atoms with Crippen molar-refractivity contribution in [2.45, 2.75) is 26.9 Å². The van der Waals surface area contributed by atoms with Crippen LogP contribution < -0.4 is 0 Å². The third-order valence-electron chi connectivity index (χ3n) is 6.48. The second kappa shape index (κ2) is 18.1. The summed E-state index contributed by atoms with van der Waals surface area (Å²) in [5.74, 6) is 1.40. The lowest BCUT2D eigenvalue weighted by Gasteiger charge is -2.12. The Balaban J connectivity index is 0.000000204. The average Bonchev–Trinajstić information content (AvgIpc) is 3.06. The van der Waals surface area contributed by atoms with Crippen LogP contribution in [0, 0.1) is 0 Å². The van der Waals surface area contributed by atoms with Crippen LogP contribution in [0.3, 0.4) is 0 Å². The van der Waals surface area contributed by atoms with E-state index in [1.54, 1.807) is 23.5 Å². The number of fused-ring (bicyclic) bond motifs is 3. The van der Waals surface area contributed by atoms with Crippen molar-refractivity contribution in [2.24, 2.45) is 0 Å². The van der Waals surface area contributed by atoms with Crippen molar-refractivity contribution >= 4 is 100 Å². The van der Waals surface area contributed by atoms with Crippen LogP contribution in [0.1, 0.15) is 0 Å². The summed E-state index contributed by atoms with van der Waals surface area (Å²) in [5.41, 5.74) is 0. The minimum Gasteiger partial charge on any atom is -0.391 e. The van der Waals surface area contributed by atoms with Crippen LogP contribution in [0.4, 0.5) is 0 Å². The zero-order valence-electron chi connectivity index (χ0n) is 23.5. The SMILES string of the molecule is OC(CBr)CBr.OC(CSc1cccc2ccccc12)CSc1cccc2ccccc12.Sc1cccc2ccccc12. The summed E-state index contributed by atoms with van der Waals surface area (Å²) < 4.78 is 0. The molecule has 7 heteroatoms. The molecule has 0 radical (unpaired) electrons. The van der Waals surface area contributed by atoms with Crippen LogP contribution >= 0.6 is 68.0 Å². The number of thiol groups is 1. The van der Waals surface area contributed by atoms with E-state index in [4.69, 9.17) is 5.11 Å². The zero-order valence-corrected chi connectivity index (χ0v) is 29.2. The third kappa shape index (κ3) is 10.3. The van der Waals surface area contributed by atoms with E-state index in [-0.39, 0.29) is 12.2 Å². The van der Waals surface area contributed by atoms with E-state index in [2.05, 4.69) is 148 Å². The Bertz CT molecular complexity index is 1630. The molecule has 0 aliphatic rings. The van der Waals surface area contributed by atoms with Crippen LogP contribution in [0.25, 0.3) is 32.3 Å². The monoisotopic (exact) mass is 752 g/mol. The molecule has 0 atom stereocenters. The predicted molar refractivity (Wildman–Crippen MR) is 200 cm³/mol. The first-order valence-corrected chi connectivity index (χ1v) is 18.5. The smallest absolute Gasteiger partial charge is 0.0733 e. The second-order valence-electron chi connectivity index (χ2n) is 9.69. The number of aliphatic hydroxyl groups is 2. The van der Waals surface area contributed by atoms with Gasteiger partial charge in [0.15, 0.2) is 0 Å². The summed E-state index contributed by atoms with van der Waals surface area (Å²) in [6.07, 6.45) is -0.576. The molecule has 0 fully saturated rings. The molecule has 0 aromatic heterocycles. The van der Waals surface area contributed by atoms with Crippen LogP contribution in [0.2, 0.25) is 0 Å². The molecule has 0 bridgehead atoms. The molecule has 0 aliphatic heterocycles. The van der Waals surface area contributed by atoms with E-state index < -0.39 is 0 Å². The van der Waals surface area contributed by atoms with Crippen LogP contribution in [-0.2, 0) is 0 Å². The molecule has 0 aliphatic carbocycles. The molecular formula is C36H34Br2O2S3. The van der Waals surface area contributed by atoms with Crippen LogP contribution in [0.15, 0.2) is 142 Å². The first kappa shape index (κ1) is 33.9. The highest BCUT2D eigenvalue weighted by Gasteiger charge is 2.09. The number of halogens is 2.